The number of alkyl halides is 3. The van der Waals surface area contributed by atoms with Crippen LogP contribution in [-0.4, -0.2) is 22.4 Å². The molecule has 1 aromatic heterocycles. The quantitative estimate of drug-likeness (QED) is 0.884. The molecule has 21 heavy (non-hydrogen) atoms. The SMILES string of the molecule is CC(C(N)=O)n1cc(C(=O)C(F)(F)F)c2ccc(Cl)cc21. The van der Waals surface area contributed by atoms with E-state index in [0.717, 1.165) is 6.20 Å². The number of carbonyl (C=O) groups excluding carboxylic acids is 2. The largest absolute Gasteiger partial charge is 0.454 e. The Bertz CT molecular complexity index is 737. The molecule has 0 saturated carbocycles. The minimum Gasteiger partial charge on any atom is -0.368 e. The Hall–Kier alpha value is -2.02. The van der Waals surface area contributed by atoms with Crippen LogP contribution in [0.2, 0.25) is 5.02 Å². The number of benzene rings is 1. The third-order valence-electron chi connectivity index (χ3n) is 3.13. The van der Waals surface area contributed by atoms with E-state index in [1.165, 1.54) is 29.7 Å². The fraction of sp³-hybridized carbons (Fsp3) is 0.231. The summed E-state index contributed by atoms with van der Waals surface area (Å²) in [5, 5.41) is 0.333. The van der Waals surface area contributed by atoms with E-state index in [4.69, 9.17) is 17.3 Å². The minimum absolute atomic E-state index is 0.0647. The number of ketones is 1. The molecule has 2 aromatic rings. The van der Waals surface area contributed by atoms with Crippen molar-refractivity contribution in [2.24, 2.45) is 5.73 Å². The van der Waals surface area contributed by atoms with Gasteiger partial charge in [-0.2, -0.15) is 13.2 Å². The van der Waals surface area contributed by atoms with Crippen molar-refractivity contribution in [1.29, 1.82) is 0 Å². The Labute approximate surface area is 122 Å². The van der Waals surface area contributed by atoms with Crippen molar-refractivity contribution in [1.82, 2.24) is 4.57 Å². The molecule has 0 saturated heterocycles. The smallest absolute Gasteiger partial charge is 0.368 e. The Morgan fingerprint density at radius 2 is 1.95 bits per heavy atom. The molecular weight excluding hydrogens is 309 g/mol. The van der Waals surface area contributed by atoms with E-state index in [1.54, 1.807) is 0 Å². The van der Waals surface area contributed by atoms with E-state index >= 15 is 0 Å². The molecule has 0 aliphatic rings. The van der Waals surface area contributed by atoms with Gasteiger partial charge in [-0.05, 0) is 19.1 Å². The summed E-state index contributed by atoms with van der Waals surface area (Å²) in [6, 6.07) is 3.14. The lowest BCUT2D eigenvalue weighted by atomic mass is 10.1. The topological polar surface area (TPSA) is 65.1 Å². The molecular formula is C13H10ClF3N2O2. The maximum atomic E-state index is 12.6. The molecule has 0 bridgehead atoms. The van der Waals surface area contributed by atoms with Crippen LogP contribution >= 0.6 is 11.6 Å². The summed E-state index contributed by atoms with van der Waals surface area (Å²) in [5.41, 5.74) is 4.87. The molecule has 1 unspecified atom stereocenters. The van der Waals surface area contributed by atoms with Gasteiger partial charge in [-0.1, -0.05) is 17.7 Å². The molecule has 2 N–H and O–H groups in total. The van der Waals surface area contributed by atoms with Crippen LogP contribution in [0.4, 0.5) is 13.2 Å². The number of primary amides is 1. The Morgan fingerprint density at radius 1 is 1.33 bits per heavy atom. The first-order valence-corrected chi connectivity index (χ1v) is 6.21. The predicted molar refractivity (Wildman–Crippen MR) is 71.2 cm³/mol. The second kappa shape index (κ2) is 5.07. The van der Waals surface area contributed by atoms with Gasteiger partial charge in [0, 0.05) is 16.6 Å². The van der Waals surface area contributed by atoms with Crippen LogP contribution in [-0.2, 0) is 4.79 Å². The van der Waals surface area contributed by atoms with Gasteiger partial charge in [-0.3, -0.25) is 9.59 Å². The number of hydrogen-bond donors (Lipinski definition) is 1. The second-order valence-electron chi connectivity index (χ2n) is 4.52. The maximum absolute atomic E-state index is 12.6. The van der Waals surface area contributed by atoms with Crippen LogP contribution in [0, 0.1) is 0 Å². The normalized spacial score (nSPS) is 13.4. The van der Waals surface area contributed by atoms with E-state index < -0.39 is 29.5 Å². The lowest BCUT2D eigenvalue weighted by molar-refractivity contribution is -0.120. The van der Waals surface area contributed by atoms with E-state index in [9.17, 15) is 22.8 Å². The van der Waals surface area contributed by atoms with Crippen molar-refractivity contribution in [3.8, 4) is 0 Å². The second-order valence-corrected chi connectivity index (χ2v) is 4.95. The van der Waals surface area contributed by atoms with Gasteiger partial charge in [0.25, 0.3) is 5.78 Å². The van der Waals surface area contributed by atoms with Crippen LogP contribution in [0.1, 0.15) is 23.3 Å². The number of Topliss-reactive ketones (excluding diaryl/α,β-unsaturated/α-hetero) is 1. The van der Waals surface area contributed by atoms with Crippen molar-refractivity contribution < 1.29 is 22.8 Å². The van der Waals surface area contributed by atoms with E-state index in [2.05, 4.69) is 0 Å². The van der Waals surface area contributed by atoms with E-state index in [-0.39, 0.29) is 15.9 Å². The first-order valence-electron chi connectivity index (χ1n) is 5.84. The van der Waals surface area contributed by atoms with Crippen LogP contribution in [0.5, 0.6) is 0 Å². The number of hydrogen-bond acceptors (Lipinski definition) is 2. The highest BCUT2D eigenvalue weighted by molar-refractivity contribution is 6.31. The van der Waals surface area contributed by atoms with Crippen molar-refractivity contribution in [2.45, 2.75) is 19.1 Å². The first kappa shape index (κ1) is 15.4. The highest BCUT2D eigenvalue weighted by Gasteiger charge is 2.41. The molecule has 0 radical (unpaired) electrons. The number of fused-ring (bicyclic) bond motifs is 1. The summed E-state index contributed by atoms with van der Waals surface area (Å²) in [5.74, 6) is -2.72. The number of halogens is 4. The average molecular weight is 319 g/mol. The number of nitrogens with zero attached hydrogens (tertiary/aromatic N) is 1. The van der Waals surface area contributed by atoms with Gasteiger partial charge in [0.05, 0.1) is 11.1 Å². The third-order valence-corrected chi connectivity index (χ3v) is 3.36. The molecule has 1 heterocycles. The zero-order valence-electron chi connectivity index (χ0n) is 10.7. The lowest BCUT2D eigenvalue weighted by Crippen LogP contribution is -2.24. The predicted octanol–water partition coefficient (Wildman–Crippen LogP) is 3.09. The van der Waals surface area contributed by atoms with E-state index in [1.807, 2.05) is 0 Å². The lowest BCUT2D eigenvalue weighted by Gasteiger charge is -2.11. The number of amides is 1. The summed E-state index contributed by atoms with van der Waals surface area (Å²) in [4.78, 5) is 22.7. The summed E-state index contributed by atoms with van der Waals surface area (Å²) < 4.78 is 39.1. The summed E-state index contributed by atoms with van der Waals surface area (Å²) in [6.07, 6.45) is -4.03. The molecule has 0 fully saturated rings. The number of aromatic nitrogens is 1. The summed E-state index contributed by atoms with van der Waals surface area (Å²) in [6.45, 7) is 1.42. The molecule has 1 aromatic carbocycles. The molecule has 1 atom stereocenters. The van der Waals surface area contributed by atoms with Crippen molar-refractivity contribution >= 4 is 34.2 Å². The summed E-state index contributed by atoms with van der Waals surface area (Å²) in [7, 11) is 0. The van der Waals surface area contributed by atoms with E-state index in [0.29, 0.717) is 0 Å². The highest BCUT2D eigenvalue weighted by atomic mass is 35.5. The fourth-order valence-corrected chi connectivity index (χ4v) is 2.18. The van der Waals surface area contributed by atoms with Gasteiger partial charge in [0.2, 0.25) is 5.91 Å². The zero-order chi connectivity index (χ0) is 15.9. The number of rotatable bonds is 3. The van der Waals surface area contributed by atoms with Gasteiger partial charge in [-0.25, -0.2) is 0 Å². The highest BCUT2D eigenvalue weighted by Crippen LogP contribution is 2.31. The van der Waals surface area contributed by atoms with Crippen molar-refractivity contribution in [3.05, 3.63) is 35.0 Å². The number of nitrogens with two attached hydrogens (primary N) is 1. The Morgan fingerprint density at radius 3 is 2.48 bits per heavy atom. The molecule has 0 aliphatic carbocycles. The summed E-state index contributed by atoms with van der Waals surface area (Å²) >= 11 is 5.82. The number of carbonyl (C=O) groups is 2. The molecule has 112 valence electrons. The first-order chi connectivity index (χ1) is 9.62. The van der Waals surface area contributed by atoms with Crippen molar-refractivity contribution in [3.63, 3.8) is 0 Å². The zero-order valence-corrected chi connectivity index (χ0v) is 11.5. The molecule has 0 spiro atoms. The van der Waals surface area contributed by atoms with Crippen LogP contribution in [0.15, 0.2) is 24.4 Å². The van der Waals surface area contributed by atoms with Crippen molar-refractivity contribution in [2.75, 3.05) is 0 Å². The van der Waals surface area contributed by atoms with Crippen LogP contribution in [0.3, 0.4) is 0 Å². The minimum atomic E-state index is -5.01. The van der Waals surface area contributed by atoms with Crippen LogP contribution < -0.4 is 5.73 Å². The Kier molecular flexibility index (Phi) is 3.71. The average Bonchev–Trinajstić information content (AvgIpc) is 2.74. The van der Waals surface area contributed by atoms with Crippen LogP contribution in [0.25, 0.3) is 10.9 Å². The molecule has 8 heteroatoms. The van der Waals surface area contributed by atoms with Gasteiger partial charge in [-0.15, -0.1) is 0 Å². The standard InChI is InChI=1S/C13H10ClF3N2O2/c1-6(12(18)21)19-5-9(11(20)13(15,16)17)8-3-2-7(14)4-10(8)19/h2-6H,1H3,(H2,18,21). The van der Waals surface area contributed by atoms with Gasteiger partial charge < -0.3 is 10.3 Å². The monoisotopic (exact) mass is 318 g/mol. The van der Waals surface area contributed by atoms with Gasteiger partial charge in [0.15, 0.2) is 0 Å². The molecule has 0 aliphatic heterocycles. The van der Waals surface area contributed by atoms with Gasteiger partial charge >= 0.3 is 6.18 Å². The molecule has 4 nitrogen and oxygen atoms in total. The molecule has 1 amide bonds. The van der Waals surface area contributed by atoms with Gasteiger partial charge in [0.1, 0.15) is 6.04 Å². The third kappa shape index (κ3) is 2.73. The maximum Gasteiger partial charge on any atom is 0.454 e. The fourth-order valence-electron chi connectivity index (χ4n) is 2.02. The Balaban J connectivity index is 2.74. The molecule has 2 rings (SSSR count).